The monoisotopic (exact) mass is 303 g/mol. The molecule has 0 amide bonds. The Labute approximate surface area is 101 Å². The largest absolute Gasteiger partial charge is 3.00 e. The Morgan fingerprint density at radius 3 is 1.10 bits per heavy atom. The molecule has 0 aliphatic carbocycles. The van der Waals surface area contributed by atoms with E-state index in [-0.39, 0.29) is 74.3 Å². The number of phosphoric acid groups is 1. The SMILES string of the molecule is O.O=P([O-])([O-])[O-].[Al+3].[Cr+3].[Fe+2].[Mn+2]. The van der Waals surface area contributed by atoms with E-state index in [1.807, 2.05) is 0 Å². The minimum Gasteiger partial charge on any atom is -0.822 e. The van der Waals surface area contributed by atoms with E-state index in [4.69, 9.17) is 19.2 Å². The molecular weight excluding hydrogens is 301 g/mol. The van der Waals surface area contributed by atoms with Crippen LogP contribution in [0.2, 0.25) is 0 Å². The molecule has 0 atom stereocenters. The van der Waals surface area contributed by atoms with Gasteiger partial charge >= 0.3 is 68.9 Å². The molecule has 10 heteroatoms. The molecule has 0 heterocycles. The Bertz CT molecular complexity index is 67.8. The minimum atomic E-state index is -5.39. The van der Waals surface area contributed by atoms with E-state index in [0.29, 0.717) is 0 Å². The van der Waals surface area contributed by atoms with E-state index in [9.17, 15) is 0 Å². The summed E-state index contributed by atoms with van der Waals surface area (Å²) in [5.41, 5.74) is 0. The molecule has 0 fully saturated rings. The van der Waals surface area contributed by atoms with E-state index in [1.54, 1.807) is 0 Å². The van der Waals surface area contributed by atoms with E-state index in [2.05, 4.69) is 0 Å². The minimum absolute atomic E-state index is 0. The summed E-state index contributed by atoms with van der Waals surface area (Å²) in [7, 11) is -5.39. The smallest absolute Gasteiger partial charge is 0.822 e. The van der Waals surface area contributed by atoms with Crippen molar-refractivity contribution in [1.29, 1.82) is 0 Å². The topological polar surface area (TPSA) is 118 Å². The molecule has 54 valence electrons. The van der Waals surface area contributed by atoms with E-state index < -0.39 is 7.82 Å². The molecule has 5 nitrogen and oxygen atoms in total. The maximum Gasteiger partial charge on any atom is 3.00 e. The van der Waals surface area contributed by atoms with Crippen molar-refractivity contribution in [2.24, 2.45) is 0 Å². The maximum atomic E-state index is 8.55. The van der Waals surface area contributed by atoms with Crippen molar-refractivity contribution < 1.29 is 76.2 Å². The van der Waals surface area contributed by atoms with Gasteiger partial charge in [-0.2, -0.15) is 7.82 Å². The Morgan fingerprint density at radius 2 is 1.10 bits per heavy atom. The summed E-state index contributed by atoms with van der Waals surface area (Å²) in [6, 6.07) is 0. The zero-order valence-corrected chi connectivity index (χ0v) is 9.91. The van der Waals surface area contributed by atoms with E-state index in [1.165, 1.54) is 0 Å². The van der Waals surface area contributed by atoms with Crippen LogP contribution in [0.25, 0.3) is 0 Å². The van der Waals surface area contributed by atoms with Crippen molar-refractivity contribution in [2.75, 3.05) is 0 Å². The molecule has 0 saturated heterocycles. The van der Waals surface area contributed by atoms with Crippen LogP contribution in [-0.2, 0) is 56.1 Å². The Balaban J connectivity index is -0.00000000800. The average molecular weight is 303 g/mol. The Hall–Kier alpha value is 2.17. The molecule has 2 N–H and O–H groups in total. The van der Waals surface area contributed by atoms with Crippen LogP contribution in [0, 0.1) is 0 Å². The molecule has 0 unspecified atom stereocenters. The van der Waals surface area contributed by atoms with Crippen LogP contribution in [0.3, 0.4) is 0 Å². The quantitative estimate of drug-likeness (QED) is 0.334. The first-order valence-corrected chi connectivity index (χ1v) is 2.19. The summed E-state index contributed by atoms with van der Waals surface area (Å²) >= 11 is 0. The summed E-state index contributed by atoms with van der Waals surface area (Å²) in [6.07, 6.45) is 0. The van der Waals surface area contributed by atoms with E-state index >= 15 is 0 Å². The van der Waals surface area contributed by atoms with Gasteiger partial charge in [-0.05, 0) is 0 Å². The fourth-order valence-corrected chi connectivity index (χ4v) is 0. The second-order valence-electron chi connectivity index (χ2n) is 0.447. The standard InChI is InChI=1S/Al.Cr.Fe.Mn.H3O4P.H2O/c;;;;1-5(2,3)4;/h;;;;(H3,1,2,3,4);1H2/q2*+3;2*+2;;/p-3. The van der Waals surface area contributed by atoms with Gasteiger partial charge in [0.05, 0.1) is 0 Å². The molecule has 0 aromatic carbocycles. The number of hydrogen-bond acceptors (Lipinski definition) is 4. The molecule has 2 radical (unpaired) electrons. The van der Waals surface area contributed by atoms with Crippen molar-refractivity contribution in [2.45, 2.75) is 0 Å². The van der Waals surface area contributed by atoms with Gasteiger partial charge in [-0.1, -0.05) is 0 Å². The molecule has 0 rings (SSSR count). The first-order chi connectivity index (χ1) is 2.00. The van der Waals surface area contributed by atoms with Crippen molar-refractivity contribution in [1.82, 2.24) is 0 Å². The van der Waals surface area contributed by atoms with Crippen molar-refractivity contribution in [3.8, 4) is 0 Å². The molecule has 0 saturated carbocycles. The first-order valence-electron chi connectivity index (χ1n) is 0.730. The third-order valence-corrected chi connectivity index (χ3v) is 0. The molecule has 0 aromatic rings. The van der Waals surface area contributed by atoms with Crippen LogP contribution < -0.4 is 14.7 Å². The van der Waals surface area contributed by atoms with E-state index in [0.717, 1.165) is 0 Å². The maximum absolute atomic E-state index is 8.55. The van der Waals surface area contributed by atoms with Crippen molar-refractivity contribution >= 4 is 25.2 Å². The van der Waals surface area contributed by atoms with Crippen LogP contribution in [0.4, 0.5) is 0 Å². The van der Waals surface area contributed by atoms with Crippen LogP contribution in [-0.4, -0.2) is 22.8 Å². The second-order valence-corrected chi connectivity index (χ2v) is 1.34. The summed E-state index contributed by atoms with van der Waals surface area (Å²) in [5.74, 6) is 0. The second kappa shape index (κ2) is 17.3. The fraction of sp³-hybridized carbons (Fsp3) is 0. The van der Waals surface area contributed by atoms with Gasteiger partial charge in [0.15, 0.2) is 0 Å². The Kier molecular flexibility index (Phi) is 69.0. The van der Waals surface area contributed by atoms with Gasteiger partial charge in [-0.15, -0.1) is 0 Å². The van der Waals surface area contributed by atoms with Gasteiger partial charge in [0.25, 0.3) is 0 Å². The van der Waals surface area contributed by atoms with Crippen LogP contribution in [0.5, 0.6) is 0 Å². The van der Waals surface area contributed by atoms with Gasteiger partial charge in [-0.3, -0.25) is 0 Å². The molecule has 0 bridgehead atoms. The van der Waals surface area contributed by atoms with Gasteiger partial charge in [0.2, 0.25) is 0 Å². The molecule has 0 aliphatic rings. The van der Waals surface area contributed by atoms with Gasteiger partial charge < -0.3 is 24.7 Å². The molecule has 0 aliphatic heterocycles. The van der Waals surface area contributed by atoms with Crippen LogP contribution in [0.1, 0.15) is 0 Å². The predicted octanol–water partition coefficient (Wildman–Crippen LogP) is -4.04. The van der Waals surface area contributed by atoms with Gasteiger partial charge in [-0.25, -0.2) is 0 Å². The van der Waals surface area contributed by atoms with Gasteiger partial charge in [0, 0.05) is 0 Å². The zero-order valence-electron chi connectivity index (χ0n) is 4.30. The predicted molar refractivity (Wildman–Crippen MR) is 17.0 cm³/mol. The summed E-state index contributed by atoms with van der Waals surface area (Å²) < 4.78 is 8.55. The van der Waals surface area contributed by atoms with Gasteiger partial charge in [0.1, 0.15) is 0 Å². The summed E-state index contributed by atoms with van der Waals surface area (Å²) in [5, 5.41) is 0. The molecule has 10 heavy (non-hydrogen) atoms. The molecular formula is H2AlCrFeMnO5P+7. The average Bonchev–Trinajstić information content (AvgIpc) is 0.722. The number of hydrogen-bond donors (Lipinski definition) is 0. The van der Waals surface area contributed by atoms with Crippen molar-refractivity contribution in [3.05, 3.63) is 0 Å². The first kappa shape index (κ1) is 39.9. The number of rotatable bonds is 0. The fourth-order valence-electron chi connectivity index (χ4n) is 0. The third kappa shape index (κ3) is 181. The molecule has 0 aromatic heterocycles. The summed E-state index contributed by atoms with van der Waals surface area (Å²) in [4.78, 5) is 25.6. The third-order valence-electron chi connectivity index (χ3n) is 0. The van der Waals surface area contributed by atoms with Crippen LogP contribution in [0.15, 0.2) is 0 Å². The van der Waals surface area contributed by atoms with Crippen molar-refractivity contribution in [3.63, 3.8) is 0 Å². The molecule has 0 spiro atoms. The normalized spacial score (nSPS) is 5.90. The Morgan fingerprint density at radius 1 is 1.10 bits per heavy atom. The zero-order chi connectivity index (χ0) is 4.50. The summed E-state index contributed by atoms with van der Waals surface area (Å²) in [6.45, 7) is 0. The van der Waals surface area contributed by atoms with Crippen LogP contribution >= 0.6 is 7.82 Å².